The third-order valence-electron chi connectivity index (χ3n) is 1.22. The van der Waals surface area contributed by atoms with E-state index in [4.69, 9.17) is 5.11 Å². The summed E-state index contributed by atoms with van der Waals surface area (Å²) in [5.74, 6) is 0.375. The zero-order chi connectivity index (χ0) is 6.41. The molecule has 48 valence electrons. The van der Waals surface area contributed by atoms with Crippen LogP contribution < -0.4 is 0 Å². The molecule has 0 spiro atoms. The monoisotopic (exact) mass is 114 g/mol. The summed E-state index contributed by atoms with van der Waals surface area (Å²) in [4.78, 5) is 0. The Hall–Kier alpha value is -0.300. The van der Waals surface area contributed by atoms with Crippen LogP contribution in [0.3, 0.4) is 0 Å². The molecule has 1 N–H and O–H groups in total. The first-order chi connectivity index (χ1) is 3.85. The highest BCUT2D eigenvalue weighted by molar-refractivity contribution is 4.83. The zero-order valence-electron chi connectivity index (χ0n) is 5.59. The maximum Gasteiger partial charge on any atom is 0.0493 e. The van der Waals surface area contributed by atoms with Crippen LogP contribution in [-0.4, -0.2) is 11.7 Å². The Balaban J connectivity index is 3.36. The molecule has 1 heteroatoms. The van der Waals surface area contributed by atoms with Crippen molar-refractivity contribution in [2.24, 2.45) is 5.92 Å². The number of aliphatic hydroxyl groups is 1. The average molecular weight is 114 g/mol. The van der Waals surface area contributed by atoms with E-state index in [1.807, 2.05) is 19.1 Å². The van der Waals surface area contributed by atoms with Crippen LogP contribution in [0.5, 0.6) is 0 Å². The Labute approximate surface area is 51.0 Å². The van der Waals surface area contributed by atoms with Crippen LogP contribution in [-0.2, 0) is 0 Å². The van der Waals surface area contributed by atoms with Gasteiger partial charge in [-0.05, 0) is 19.3 Å². The minimum atomic E-state index is 0.279. The molecule has 0 aromatic heterocycles. The zero-order valence-corrected chi connectivity index (χ0v) is 5.59. The first kappa shape index (κ1) is 7.70. The quantitative estimate of drug-likeness (QED) is 0.552. The van der Waals surface area contributed by atoms with Crippen molar-refractivity contribution in [2.75, 3.05) is 6.61 Å². The lowest BCUT2D eigenvalue weighted by atomic mass is 10.1. The Bertz CT molecular complexity index is 62.8. The van der Waals surface area contributed by atoms with Crippen molar-refractivity contribution >= 4 is 0 Å². The fourth-order valence-corrected chi connectivity index (χ4v) is 0.598. The number of hydrogen-bond acceptors (Lipinski definition) is 1. The molecule has 0 saturated heterocycles. The van der Waals surface area contributed by atoms with Crippen LogP contribution in [0.15, 0.2) is 12.2 Å². The molecule has 1 unspecified atom stereocenters. The second-order valence-corrected chi connectivity index (χ2v) is 1.88. The molecule has 0 bridgehead atoms. The largest absolute Gasteiger partial charge is 0.396 e. The third-order valence-corrected chi connectivity index (χ3v) is 1.22. The van der Waals surface area contributed by atoms with Crippen molar-refractivity contribution in [3.05, 3.63) is 12.2 Å². The molecule has 1 nitrogen and oxygen atoms in total. The van der Waals surface area contributed by atoms with Gasteiger partial charge in [-0.2, -0.15) is 0 Å². The van der Waals surface area contributed by atoms with Gasteiger partial charge in [-0.1, -0.05) is 19.1 Å². The van der Waals surface area contributed by atoms with Crippen LogP contribution >= 0.6 is 0 Å². The lowest BCUT2D eigenvalue weighted by molar-refractivity contribution is 0.249. The van der Waals surface area contributed by atoms with Gasteiger partial charge in [0.25, 0.3) is 0 Å². The molecule has 0 aliphatic heterocycles. The van der Waals surface area contributed by atoms with Crippen molar-refractivity contribution in [2.45, 2.75) is 20.3 Å². The molecule has 0 saturated carbocycles. The minimum Gasteiger partial charge on any atom is -0.396 e. The first-order valence-electron chi connectivity index (χ1n) is 3.08. The van der Waals surface area contributed by atoms with Crippen LogP contribution in [0.4, 0.5) is 0 Å². The summed E-state index contributed by atoms with van der Waals surface area (Å²) >= 11 is 0. The predicted molar refractivity (Wildman–Crippen MR) is 35.7 cm³/mol. The van der Waals surface area contributed by atoms with Crippen molar-refractivity contribution in [3.8, 4) is 0 Å². The summed E-state index contributed by atoms with van der Waals surface area (Å²) in [5, 5.41) is 8.61. The lowest BCUT2D eigenvalue weighted by Crippen LogP contribution is -1.98. The lowest BCUT2D eigenvalue weighted by Gasteiger charge is -2.01. The van der Waals surface area contributed by atoms with Gasteiger partial charge in [0.05, 0.1) is 0 Å². The van der Waals surface area contributed by atoms with E-state index >= 15 is 0 Å². The van der Waals surface area contributed by atoms with Crippen LogP contribution in [0.25, 0.3) is 0 Å². The summed E-state index contributed by atoms with van der Waals surface area (Å²) < 4.78 is 0. The molecule has 1 atom stereocenters. The average Bonchev–Trinajstić information content (AvgIpc) is 1.83. The normalized spacial score (nSPS) is 14.9. The first-order valence-corrected chi connectivity index (χ1v) is 3.08. The van der Waals surface area contributed by atoms with E-state index in [-0.39, 0.29) is 6.61 Å². The maximum atomic E-state index is 8.61. The van der Waals surface area contributed by atoms with Crippen molar-refractivity contribution < 1.29 is 5.11 Å². The molecular weight excluding hydrogens is 100 g/mol. The number of allylic oxidation sites excluding steroid dienone is 1. The molecule has 0 aliphatic carbocycles. The molecule has 0 aromatic rings. The van der Waals surface area contributed by atoms with Gasteiger partial charge < -0.3 is 5.11 Å². The number of hydrogen-bond donors (Lipinski definition) is 1. The van der Waals surface area contributed by atoms with Gasteiger partial charge in [0.1, 0.15) is 0 Å². The molecule has 0 amide bonds. The van der Waals surface area contributed by atoms with Crippen LogP contribution in [0.1, 0.15) is 20.3 Å². The number of rotatable bonds is 3. The van der Waals surface area contributed by atoms with E-state index in [0.29, 0.717) is 5.92 Å². The highest BCUT2D eigenvalue weighted by atomic mass is 16.3. The van der Waals surface area contributed by atoms with Crippen LogP contribution in [0.2, 0.25) is 0 Å². The summed E-state index contributed by atoms with van der Waals surface area (Å²) in [6, 6.07) is 0. The fourth-order valence-electron chi connectivity index (χ4n) is 0.598. The second kappa shape index (κ2) is 4.85. The molecule has 8 heavy (non-hydrogen) atoms. The van der Waals surface area contributed by atoms with Gasteiger partial charge in [-0.25, -0.2) is 0 Å². The van der Waals surface area contributed by atoms with E-state index in [0.717, 1.165) is 6.42 Å². The van der Waals surface area contributed by atoms with E-state index < -0.39 is 0 Å². The van der Waals surface area contributed by atoms with Gasteiger partial charge in [0.15, 0.2) is 0 Å². The molecule has 0 rings (SSSR count). The van der Waals surface area contributed by atoms with Crippen molar-refractivity contribution in [1.29, 1.82) is 0 Å². The van der Waals surface area contributed by atoms with Crippen LogP contribution in [0, 0.1) is 5.92 Å². The third kappa shape index (κ3) is 2.80. The summed E-state index contributed by atoms with van der Waals surface area (Å²) in [5.41, 5.74) is 0. The SMILES string of the molecule is C/C=C/C(CC)CO. The highest BCUT2D eigenvalue weighted by Crippen LogP contribution is 2.01. The minimum absolute atomic E-state index is 0.279. The van der Waals surface area contributed by atoms with Gasteiger partial charge in [-0.3, -0.25) is 0 Å². The summed E-state index contributed by atoms with van der Waals surface area (Å²) in [7, 11) is 0. The van der Waals surface area contributed by atoms with Gasteiger partial charge in [-0.15, -0.1) is 0 Å². The van der Waals surface area contributed by atoms with Crippen molar-refractivity contribution in [1.82, 2.24) is 0 Å². The Kier molecular flexibility index (Phi) is 4.67. The molecular formula is C7H14O. The molecule has 0 fully saturated rings. The standard InChI is InChI=1S/C7H14O/c1-3-5-7(4-2)6-8/h3,5,7-8H,4,6H2,1-2H3/b5-3+. The summed E-state index contributed by atoms with van der Waals surface area (Å²) in [6.07, 6.45) is 5.03. The van der Waals surface area contributed by atoms with Gasteiger partial charge >= 0.3 is 0 Å². The molecule has 0 aromatic carbocycles. The van der Waals surface area contributed by atoms with E-state index in [9.17, 15) is 0 Å². The van der Waals surface area contributed by atoms with Gasteiger partial charge in [0, 0.05) is 6.61 Å². The topological polar surface area (TPSA) is 20.2 Å². The van der Waals surface area contributed by atoms with Crippen molar-refractivity contribution in [3.63, 3.8) is 0 Å². The Morgan fingerprint density at radius 1 is 1.62 bits per heavy atom. The Morgan fingerprint density at radius 3 is 2.38 bits per heavy atom. The van der Waals surface area contributed by atoms with E-state index in [1.165, 1.54) is 0 Å². The van der Waals surface area contributed by atoms with Gasteiger partial charge in [0.2, 0.25) is 0 Å². The second-order valence-electron chi connectivity index (χ2n) is 1.88. The highest BCUT2D eigenvalue weighted by Gasteiger charge is 1.95. The summed E-state index contributed by atoms with van der Waals surface area (Å²) in [6.45, 7) is 4.32. The number of aliphatic hydroxyl groups excluding tert-OH is 1. The maximum absolute atomic E-state index is 8.61. The van der Waals surface area contributed by atoms with E-state index in [2.05, 4.69) is 6.92 Å². The Morgan fingerprint density at radius 2 is 2.25 bits per heavy atom. The smallest absolute Gasteiger partial charge is 0.0493 e. The fraction of sp³-hybridized carbons (Fsp3) is 0.714. The van der Waals surface area contributed by atoms with E-state index in [1.54, 1.807) is 0 Å². The molecule has 0 aliphatic rings. The predicted octanol–water partition coefficient (Wildman–Crippen LogP) is 1.58. The molecule has 0 radical (unpaired) electrons. The molecule has 0 heterocycles.